The maximum Gasteiger partial charge on any atom is 0.0790 e. The van der Waals surface area contributed by atoms with Crippen molar-refractivity contribution >= 4 is 15.1 Å². The van der Waals surface area contributed by atoms with Gasteiger partial charge in [-0.25, -0.2) is 0 Å². The Kier molecular flexibility index (Phi) is 13.2. The standard InChI is InChI=1S/C3H9OP.C3H9P.CH4/c1-5(2,3)4;1-4(2)3;/h1-3H3;1-3H3;1H4. The van der Waals surface area contributed by atoms with E-state index in [1.807, 2.05) is 0 Å². The number of hydrogen-bond donors (Lipinski definition) is 0. The van der Waals surface area contributed by atoms with Gasteiger partial charge in [-0.3, -0.25) is 0 Å². The van der Waals surface area contributed by atoms with Gasteiger partial charge in [0, 0.05) is 0 Å². The Morgan fingerprint density at radius 1 is 1.00 bits per heavy atom. The lowest BCUT2D eigenvalue weighted by Crippen LogP contribution is -1.61. The highest BCUT2D eigenvalue weighted by molar-refractivity contribution is 7.61. The third-order valence-corrected chi connectivity index (χ3v) is 0. The van der Waals surface area contributed by atoms with E-state index in [0.29, 0.717) is 7.92 Å². The highest BCUT2D eigenvalue weighted by atomic mass is 31.2. The second-order valence-corrected chi connectivity index (χ2v) is 9.69. The molecule has 0 aromatic carbocycles. The van der Waals surface area contributed by atoms with Crippen molar-refractivity contribution in [3.63, 3.8) is 0 Å². The molecule has 0 aromatic heterocycles. The molecule has 0 heterocycles. The van der Waals surface area contributed by atoms with Crippen LogP contribution in [0.4, 0.5) is 0 Å². The van der Waals surface area contributed by atoms with Crippen LogP contribution in [0.15, 0.2) is 0 Å². The Morgan fingerprint density at radius 3 is 1.00 bits per heavy atom. The Hall–Kier alpha value is 0.660. The average Bonchev–Trinajstić information content (AvgIpc) is 1.19. The van der Waals surface area contributed by atoms with Crippen molar-refractivity contribution in [2.45, 2.75) is 7.43 Å². The van der Waals surface area contributed by atoms with Crippen molar-refractivity contribution in [3.8, 4) is 0 Å². The van der Waals surface area contributed by atoms with Gasteiger partial charge < -0.3 is 4.57 Å². The van der Waals surface area contributed by atoms with E-state index in [0.717, 1.165) is 0 Å². The first-order valence-corrected chi connectivity index (χ1v) is 8.60. The largest absolute Gasteiger partial charge is 0.324 e. The molecule has 1 nitrogen and oxygen atoms in total. The summed E-state index contributed by atoms with van der Waals surface area (Å²) in [6.45, 7) is 11.9. The fraction of sp³-hybridized carbons (Fsp3) is 1.00. The molecule has 0 atom stereocenters. The van der Waals surface area contributed by atoms with E-state index in [-0.39, 0.29) is 7.43 Å². The Morgan fingerprint density at radius 2 is 1.00 bits per heavy atom. The summed E-state index contributed by atoms with van der Waals surface area (Å²) < 4.78 is 10.2. The molecule has 0 radical (unpaired) electrons. The summed E-state index contributed by atoms with van der Waals surface area (Å²) in [4.78, 5) is 0. The third-order valence-electron chi connectivity index (χ3n) is 0. The normalized spacial score (nSPS) is 9.50. The molecule has 3 heteroatoms. The number of rotatable bonds is 0. The van der Waals surface area contributed by atoms with Gasteiger partial charge in [0.1, 0.15) is 0 Å². The summed E-state index contributed by atoms with van der Waals surface area (Å²) >= 11 is 0. The lowest BCUT2D eigenvalue weighted by Gasteiger charge is -1.86. The Balaban J connectivity index is -0.0000000910. The maximum atomic E-state index is 10.2. The van der Waals surface area contributed by atoms with Crippen LogP contribution in [0.2, 0.25) is 0 Å². The molecule has 0 spiro atoms. The zero-order chi connectivity index (χ0) is 8.08. The van der Waals surface area contributed by atoms with Crippen LogP contribution in [0.25, 0.3) is 0 Å². The first-order chi connectivity index (χ1) is 3.73. The van der Waals surface area contributed by atoms with Crippen LogP contribution in [0.3, 0.4) is 0 Å². The zero-order valence-electron chi connectivity index (χ0n) is 7.30. The van der Waals surface area contributed by atoms with Crippen molar-refractivity contribution in [2.75, 3.05) is 40.0 Å². The molecule has 0 unspecified atom stereocenters. The molecular weight excluding hydrogens is 162 g/mol. The zero-order valence-corrected chi connectivity index (χ0v) is 9.09. The van der Waals surface area contributed by atoms with E-state index in [1.165, 1.54) is 0 Å². The molecule has 0 N–H and O–H groups in total. The molecule has 0 aliphatic heterocycles. The fourth-order valence-corrected chi connectivity index (χ4v) is 0. The molecule has 0 aromatic rings. The van der Waals surface area contributed by atoms with Gasteiger partial charge in [0.2, 0.25) is 0 Å². The second kappa shape index (κ2) is 7.76. The van der Waals surface area contributed by atoms with E-state index < -0.39 is 7.14 Å². The van der Waals surface area contributed by atoms with Gasteiger partial charge in [-0.1, -0.05) is 7.43 Å². The topological polar surface area (TPSA) is 17.1 Å². The van der Waals surface area contributed by atoms with E-state index in [4.69, 9.17) is 0 Å². The molecule has 10 heavy (non-hydrogen) atoms. The van der Waals surface area contributed by atoms with E-state index in [1.54, 1.807) is 20.0 Å². The van der Waals surface area contributed by atoms with Crippen molar-refractivity contribution < 1.29 is 4.57 Å². The lowest BCUT2D eigenvalue weighted by molar-refractivity contribution is 0.586. The smallest absolute Gasteiger partial charge is 0.0790 e. The van der Waals surface area contributed by atoms with Crippen LogP contribution in [0.5, 0.6) is 0 Å². The molecule has 0 aliphatic rings. The van der Waals surface area contributed by atoms with Gasteiger partial charge in [-0.2, -0.15) is 0 Å². The van der Waals surface area contributed by atoms with Crippen LogP contribution < -0.4 is 0 Å². The van der Waals surface area contributed by atoms with Crippen molar-refractivity contribution in [3.05, 3.63) is 0 Å². The van der Waals surface area contributed by atoms with Crippen LogP contribution in [0.1, 0.15) is 7.43 Å². The van der Waals surface area contributed by atoms with E-state index >= 15 is 0 Å². The van der Waals surface area contributed by atoms with E-state index in [9.17, 15) is 4.57 Å². The van der Waals surface area contributed by atoms with Crippen LogP contribution >= 0.6 is 15.1 Å². The molecular formula is C7H22OP2. The maximum absolute atomic E-state index is 10.2. The van der Waals surface area contributed by atoms with Gasteiger partial charge in [0.25, 0.3) is 0 Å². The summed E-state index contributed by atoms with van der Waals surface area (Å²) in [7, 11) is -1.26. The molecule has 0 saturated carbocycles. The van der Waals surface area contributed by atoms with Gasteiger partial charge in [-0.15, -0.1) is 7.92 Å². The van der Waals surface area contributed by atoms with Crippen molar-refractivity contribution in [2.24, 2.45) is 0 Å². The molecule has 66 valence electrons. The summed E-state index contributed by atoms with van der Waals surface area (Å²) in [6, 6.07) is 0. The Bertz CT molecular complexity index is 82.8. The molecule has 0 bridgehead atoms. The predicted molar refractivity (Wildman–Crippen MR) is 56.8 cm³/mol. The predicted octanol–water partition coefficient (Wildman–Crippen LogP) is 3.23. The Labute approximate surface area is 67.7 Å². The fourth-order valence-electron chi connectivity index (χ4n) is 0. The molecule has 0 aliphatic carbocycles. The van der Waals surface area contributed by atoms with Crippen molar-refractivity contribution in [1.29, 1.82) is 0 Å². The number of hydrogen-bond acceptors (Lipinski definition) is 1. The first-order valence-electron chi connectivity index (χ1n) is 2.87. The van der Waals surface area contributed by atoms with Gasteiger partial charge in [-0.05, 0) is 40.0 Å². The minimum Gasteiger partial charge on any atom is -0.324 e. The SMILES string of the molecule is C.CP(C)(C)=O.CP(C)C. The third kappa shape index (κ3) is 1170. The highest BCUT2D eigenvalue weighted by Crippen LogP contribution is 2.28. The highest BCUT2D eigenvalue weighted by Gasteiger charge is 1.89. The van der Waals surface area contributed by atoms with Crippen molar-refractivity contribution in [1.82, 2.24) is 0 Å². The average molecular weight is 184 g/mol. The summed E-state index contributed by atoms with van der Waals surface area (Å²) in [6.07, 6.45) is 0. The van der Waals surface area contributed by atoms with Gasteiger partial charge in [0.05, 0.1) is 7.14 Å². The van der Waals surface area contributed by atoms with Gasteiger partial charge >= 0.3 is 0 Å². The van der Waals surface area contributed by atoms with Gasteiger partial charge in [0.15, 0.2) is 0 Å². The van der Waals surface area contributed by atoms with Crippen LogP contribution in [-0.2, 0) is 4.57 Å². The minimum atomic E-state index is -1.64. The molecule has 0 fully saturated rings. The minimum absolute atomic E-state index is 0. The summed E-state index contributed by atoms with van der Waals surface area (Å²) in [5, 5.41) is 0. The van der Waals surface area contributed by atoms with E-state index in [2.05, 4.69) is 20.0 Å². The monoisotopic (exact) mass is 184 g/mol. The lowest BCUT2D eigenvalue weighted by atomic mass is 11.9. The first kappa shape index (κ1) is 17.0. The quantitative estimate of drug-likeness (QED) is 0.528. The molecule has 0 saturated heterocycles. The van der Waals surface area contributed by atoms with Crippen LogP contribution in [-0.4, -0.2) is 40.0 Å². The molecule has 0 amide bonds. The summed E-state index contributed by atoms with van der Waals surface area (Å²) in [5.74, 6) is 0. The molecule has 0 rings (SSSR count). The summed E-state index contributed by atoms with van der Waals surface area (Å²) in [5.41, 5.74) is 0. The second-order valence-electron chi connectivity index (χ2n) is 3.23. The van der Waals surface area contributed by atoms with Crippen LogP contribution in [0, 0.1) is 0 Å².